The van der Waals surface area contributed by atoms with Gasteiger partial charge in [-0.25, -0.2) is 14.6 Å². The van der Waals surface area contributed by atoms with Crippen LogP contribution in [0.3, 0.4) is 0 Å². The van der Waals surface area contributed by atoms with Crippen LogP contribution in [0.25, 0.3) is 0 Å². The molecule has 0 saturated heterocycles. The number of rotatable bonds is 12. The van der Waals surface area contributed by atoms with E-state index >= 15 is 0 Å². The number of carbonyl (C=O) groups is 2. The number of carboxylic acid groups (broad SMARTS) is 2. The number of aromatic amines is 2. The smallest absolute Gasteiger partial charge is 0.328 e. The molecule has 2 aromatic rings. The third-order valence-electron chi connectivity index (χ3n) is 4.00. The van der Waals surface area contributed by atoms with Gasteiger partial charge in [-0.15, -0.1) is 0 Å². The Morgan fingerprint density at radius 3 is 2.48 bits per heavy atom. The van der Waals surface area contributed by atoms with Gasteiger partial charge in [-0.2, -0.15) is 11.8 Å². The molecule has 0 amide bonds. The molecule has 170 valence electrons. The first kappa shape index (κ1) is 25.8. The summed E-state index contributed by atoms with van der Waals surface area (Å²) in [5.41, 5.74) is 3.11. The molecular formula is C19H27N5O6S. The van der Waals surface area contributed by atoms with Gasteiger partial charge >= 0.3 is 17.6 Å². The van der Waals surface area contributed by atoms with E-state index in [0.717, 1.165) is 47.7 Å². The minimum atomic E-state index is -1.26. The third kappa shape index (κ3) is 9.85. The maximum Gasteiger partial charge on any atom is 0.328 e. The van der Waals surface area contributed by atoms with Gasteiger partial charge < -0.3 is 25.5 Å². The maximum atomic E-state index is 11.3. The van der Waals surface area contributed by atoms with E-state index in [0.29, 0.717) is 24.5 Å². The summed E-state index contributed by atoms with van der Waals surface area (Å²) < 4.78 is 0. The van der Waals surface area contributed by atoms with Crippen molar-refractivity contribution in [2.45, 2.75) is 38.9 Å². The molecule has 2 heterocycles. The maximum absolute atomic E-state index is 11.3. The van der Waals surface area contributed by atoms with Crippen molar-refractivity contribution in [1.82, 2.24) is 15.0 Å². The Labute approximate surface area is 183 Å². The van der Waals surface area contributed by atoms with Crippen molar-refractivity contribution in [2.24, 2.45) is 0 Å². The molecule has 5 N–H and O–H groups in total. The number of aryl methyl sites for hydroxylation is 2. The Morgan fingerprint density at radius 1 is 1.29 bits per heavy atom. The van der Waals surface area contributed by atoms with E-state index in [-0.39, 0.29) is 10.6 Å². The molecule has 2 rings (SSSR count). The van der Waals surface area contributed by atoms with Gasteiger partial charge in [-0.05, 0) is 19.8 Å². The molecule has 0 fully saturated rings. The number of hydrogen-bond donors (Lipinski definition) is 5. The molecule has 0 aliphatic rings. The van der Waals surface area contributed by atoms with Crippen LogP contribution in [0.2, 0.25) is 0 Å². The fourth-order valence-electron chi connectivity index (χ4n) is 2.45. The number of nitrogens with one attached hydrogen (secondary N) is 3. The summed E-state index contributed by atoms with van der Waals surface area (Å²) in [7, 11) is 0. The van der Waals surface area contributed by atoms with E-state index in [1.807, 2.05) is 6.92 Å². The van der Waals surface area contributed by atoms with E-state index in [1.165, 1.54) is 0 Å². The number of aliphatic carboxylic acids is 2. The number of thioether (sulfide) groups is 1. The van der Waals surface area contributed by atoms with Gasteiger partial charge in [-0.3, -0.25) is 10.1 Å². The highest BCUT2D eigenvalue weighted by atomic mass is 32.2. The van der Waals surface area contributed by atoms with E-state index in [4.69, 9.17) is 10.2 Å². The standard InChI is InChI=1S/C15H23N5O2S.C4H4O4/c1-3-4-5-12-8-17-15(14(12)20(21)22)16-6-7-23-9-13-11(2)18-10-19-13;5-3(6)1-2-4(7)8/h8,10,16-17H,3-7,9H2,1-2H3,(H,18,19);1-2H,(H,5,6)(H,7,8)/b;2-1-. The highest BCUT2D eigenvalue weighted by Gasteiger charge is 2.21. The van der Waals surface area contributed by atoms with Crippen molar-refractivity contribution < 1.29 is 24.7 Å². The summed E-state index contributed by atoms with van der Waals surface area (Å²) in [6.45, 7) is 4.75. The van der Waals surface area contributed by atoms with Crippen LogP contribution < -0.4 is 5.32 Å². The summed E-state index contributed by atoms with van der Waals surface area (Å²) >= 11 is 1.75. The Morgan fingerprint density at radius 2 is 1.97 bits per heavy atom. The minimum Gasteiger partial charge on any atom is -0.478 e. The predicted octanol–water partition coefficient (Wildman–Crippen LogP) is 3.35. The number of H-pyrrole nitrogens is 2. The largest absolute Gasteiger partial charge is 0.478 e. The first-order valence-corrected chi connectivity index (χ1v) is 10.7. The van der Waals surface area contributed by atoms with Crippen molar-refractivity contribution in [3.8, 4) is 0 Å². The molecule has 0 spiro atoms. The molecule has 2 aromatic heterocycles. The van der Waals surface area contributed by atoms with Crippen LogP contribution in [-0.2, 0) is 21.8 Å². The van der Waals surface area contributed by atoms with Gasteiger partial charge in [-0.1, -0.05) is 13.3 Å². The lowest BCUT2D eigenvalue weighted by Crippen LogP contribution is -2.07. The zero-order chi connectivity index (χ0) is 23.2. The average molecular weight is 454 g/mol. The van der Waals surface area contributed by atoms with Crippen LogP contribution in [0.4, 0.5) is 11.5 Å². The second-order valence-electron chi connectivity index (χ2n) is 6.36. The van der Waals surface area contributed by atoms with E-state index in [9.17, 15) is 19.7 Å². The number of hydrogen-bond acceptors (Lipinski definition) is 7. The summed E-state index contributed by atoms with van der Waals surface area (Å²) in [6, 6.07) is 0. The highest BCUT2D eigenvalue weighted by Crippen LogP contribution is 2.29. The predicted molar refractivity (Wildman–Crippen MR) is 118 cm³/mol. The molecule has 0 aliphatic heterocycles. The zero-order valence-electron chi connectivity index (χ0n) is 17.4. The molecule has 0 atom stereocenters. The van der Waals surface area contributed by atoms with Crippen molar-refractivity contribution in [3.63, 3.8) is 0 Å². The number of aromatic nitrogens is 3. The molecule has 0 radical (unpaired) electrons. The van der Waals surface area contributed by atoms with Gasteiger partial charge in [0.25, 0.3) is 0 Å². The van der Waals surface area contributed by atoms with E-state index in [2.05, 4.69) is 27.2 Å². The summed E-state index contributed by atoms with van der Waals surface area (Å²) in [4.78, 5) is 40.4. The fraction of sp³-hybridized carbons (Fsp3) is 0.421. The third-order valence-corrected chi connectivity index (χ3v) is 4.97. The van der Waals surface area contributed by atoms with Gasteiger partial charge in [0.1, 0.15) is 0 Å². The molecule has 11 nitrogen and oxygen atoms in total. The van der Waals surface area contributed by atoms with Gasteiger partial charge in [0.15, 0.2) is 5.82 Å². The highest BCUT2D eigenvalue weighted by molar-refractivity contribution is 7.98. The second-order valence-corrected chi connectivity index (χ2v) is 7.47. The van der Waals surface area contributed by atoms with E-state index in [1.54, 1.807) is 24.3 Å². The first-order valence-electron chi connectivity index (χ1n) is 9.55. The van der Waals surface area contributed by atoms with E-state index < -0.39 is 11.9 Å². The number of anilines is 1. The molecule has 0 saturated carbocycles. The Bertz CT molecular complexity index is 876. The number of unbranched alkanes of at least 4 members (excludes halogenated alkanes) is 1. The van der Waals surface area contributed by atoms with Crippen molar-refractivity contribution >= 4 is 35.2 Å². The second kappa shape index (κ2) is 13.9. The van der Waals surface area contributed by atoms with Crippen molar-refractivity contribution in [1.29, 1.82) is 0 Å². The Hall–Kier alpha value is -3.28. The van der Waals surface area contributed by atoms with Crippen LogP contribution in [0.5, 0.6) is 0 Å². The van der Waals surface area contributed by atoms with Crippen LogP contribution in [0, 0.1) is 17.0 Å². The molecule has 0 unspecified atom stereocenters. The number of nitrogens with zero attached hydrogens (tertiary/aromatic N) is 2. The fourth-order valence-corrected chi connectivity index (χ4v) is 3.33. The molecule has 0 aliphatic carbocycles. The lowest BCUT2D eigenvalue weighted by atomic mass is 10.1. The van der Waals surface area contributed by atoms with Crippen molar-refractivity contribution in [3.05, 3.63) is 51.7 Å². The number of nitro groups is 1. The summed E-state index contributed by atoms with van der Waals surface area (Å²) in [5.74, 6) is -0.310. The van der Waals surface area contributed by atoms with Crippen LogP contribution in [0.1, 0.15) is 36.7 Å². The quantitative estimate of drug-likeness (QED) is 0.140. The molecule has 0 bridgehead atoms. The van der Waals surface area contributed by atoms with Gasteiger partial charge in [0, 0.05) is 47.7 Å². The van der Waals surface area contributed by atoms with Crippen LogP contribution in [0.15, 0.2) is 24.7 Å². The monoisotopic (exact) mass is 453 g/mol. The molecule has 31 heavy (non-hydrogen) atoms. The normalized spacial score (nSPS) is 10.5. The minimum absolute atomic E-state index is 0.187. The molecule has 0 aromatic carbocycles. The number of carboxylic acids is 2. The Kier molecular flexibility index (Phi) is 11.5. The summed E-state index contributed by atoms with van der Waals surface area (Å²) in [5, 5.41) is 30.0. The number of imidazole rings is 1. The lowest BCUT2D eigenvalue weighted by molar-refractivity contribution is -0.384. The zero-order valence-corrected chi connectivity index (χ0v) is 18.2. The molecular weight excluding hydrogens is 426 g/mol. The average Bonchev–Trinajstić information content (AvgIpc) is 3.31. The van der Waals surface area contributed by atoms with Crippen LogP contribution in [-0.4, -0.2) is 54.3 Å². The summed E-state index contributed by atoms with van der Waals surface area (Å²) in [6.07, 6.45) is 7.27. The van der Waals surface area contributed by atoms with Gasteiger partial charge in [0.2, 0.25) is 0 Å². The lowest BCUT2D eigenvalue weighted by Gasteiger charge is -2.04. The Balaban J connectivity index is 0.000000512. The first-order chi connectivity index (χ1) is 14.8. The molecule has 12 heteroatoms. The SMILES string of the molecule is CCCCc1c[nH]c(NCCSCc2nc[nH]c2C)c1[N+](=O)[O-].O=C(O)/C=C\C(=O)O. The van der Waals surface area contributed by atoms with Crippen molar-refractivity contribution in [2.75, 3.05) is 17.6 Å². The topological polar surface area (TPSA) is 174 Å². The van der Waals surface area contributed by atoms with Crippen LogP contribution >= 0.6 is 11.8 Å². The van der Waals surface area contributed by atoms with Gasteiger partial charge in [0.05, 0.1) is 16.9 Å².